The van der Waals surface area contributed by atoms with Gasteiger partial charge < -0.3 is 14.8 Å². The Morgan fingerprint density at radius 3 is 2.56 bits per heavy atom. The molecule has 1 aromatic rings. The molecule has 0 spiro atoms. The molecule has 1 unspecified atom stereocenters. The third-order valence-electron chi connectivity index (χ3n) is 2.78. The fourth-order valence-electron chi connectivity index (χ4n) is 1.84. The lowest BCUT2D eigenvalue weighted by molar-refractivity contribution is -0.120. The van der Waals surface area contributed by atoms with E-state index in [0.29, 0.717) is 17.9 Å². The summed E-state index contributed by atoms with van der Waals surface area (Å²) in [5, 5.41) is 4.74. The average molecular weight is 250 g/mol. The minimum absolute atomic E-state index is 0.321. The molecular weight excluding hydrogens is 236 g/mol. The second kappa shape index (κ2) is 4.95. The lowest BCUT2D eigenvalue weighted by Gasteiger charge is -2.12. The molecule has 0 radical (unpaired) electrons. The Labute approximate surface area is 104 Å². The molecule has 1 aliphatic rings. The molecular formula is C12H14N2O4. The first-order valence-electron chi connectivity index (χ1n) is 5.46. The fourth-order valence-corrected chi connectivity index (χ4v) is 1.84. The number of hydrogen-bond donors (Lipinski definition) is 2. The molecule has 2 rings (SSSR count). The summed E-state index contributed by atoms with van der Waals surface area (Å²) in [6.45, 7) is 0. The Hall–Kier alpha value is -2.24. The number of urea groups is 1. The predicted molar refractivity (Wildman–Crippen MR) is 63.7 cm³/mol. The van der Waals surface area contributed by atoms with Crippen molar-refractivity contribution in [3.8, 4) is 11.5 Å². The summed E-state index contributed by atoms with van der Waals surface area (Å²) in [4.78, 5) is 22.5. The molecule has 6 heteroatoms. The summed E-state index contributed by atoms with van der Waals surface area (Å²) in [6.07, 6.45) is 0.380. The highest BCUT2D eigenvalue weighted by Crippen LogP contribution is 2.25. The van der Waals surface area contributed by atoms with Crippen molar-refractivity contribution in [2.45, 2.75) is 12.5 Å². The highest BCUT2D eigenvalue weighted by atomic mass is 16.5. The number of benzene rings is 1. The number of ether oxygens (including phenoxy) is 2. The molecule has 18 heavy (non-hydrogen) atoms. The molecule has 1 aromatic carbocycles. The lowest BCUT2D eigenvalue weighted by atomic mass is 10.0. The summed E-state index contributed by atoms with van der Waals surface area (Å²) in [5.41, 5.74) is 0.834. The van der Waals surface area contributed by atoms with Crippen molar-refractivity contribution in [3.63, 3.8) is 0 Å². The largest absolute Gasteiger partial charge is 0.497 e. The van der Waals surface area contributed by atoms with Crippen molar-refractivity contribution < 1.29 is 19.1 Å². The summed E-state index contributed by atoms with van der Waals surface area (Å²) in [6, 6.07) is 4.32. The Kier molecular flexibility index (Phi) is 3.36. The Morgan fingerprint density at radius 2 is 2.00 bits per heavy atom. The van der Waals surface area contributed by atoms with Crippen LogP contribution in [0.2, 0.25) is 0 Å². The number of carbonyl (C=O) groups excluding carboxylic acids is 2. The van der Waals surface area contributed by atoms with Gasteiger partial charge in [0.05, 0.1) is 14.2 Å². The first-order valence-corrected chi connectivity index (χ1v) is 5.46. The zero-order chi connectivity index (χ0) is 13.1. The van der Waals surface area contributed by atoms with Crippen LogP contribution in [0.3, 0.4) is 0 Å². The predicted octanol–water partition coefficient (Wildman–Crippen LogP) is 0.454. The van der Waals surface area contributed by atoms with Gasteiger partial charge in [-0.05, 0) is 11.6 Å². The molecule has 1 fully saturated rings. The quantitative estimate of drug-likeness (QED) is 0.761. The smallest absolute Gasteiger partial charge is 0.322 e. The van der Waals surface area contributed by atoms with Crippen molar-refractivity contribution in [3.05, 3.63) is 23.8 Å². The van der Waals surface area contributed by atoms with Gasteiger partial charge in [0.15, 0.2) is 0 Å². The van der Waals surface area contributed by atoms with Gasteiger partial charge in [0, 0.05) is 12.5 Å². The van der Waals surface area contributed by atoms with Gasteiger partial charge in [-0.3, -0.25) is 10.1 Å². The molecule has 3 amide bonds. The lowest BCUT2D eigenvalue weighted by Crippen LogP contribution is -2.31. The molecule has 0 bridgehead atoms. The molecule has 0 aliphatic carbocycles. The van der Waals surface area contributed by atoms with E-state index in [1.54, 1.807) is 26.4 Å². The third kappa shape index (κ3) is 2.37. The van der Waals surface area contributed by atoms with E-state index in [-0.39, 0.29) is 5.91 Å². The van der Waals surface area contributed by atoms with Crippen LogP contribution in [0.4, 0.5) is 4.79 Å². The van der Waals surface area contributed by atoms with Crippen LogP contribution >= 0.6 is 0 Å². The molecule has 1 heterocycles. The Morgan fingerprint density at radius 1 is 1.22 bits per heavy atom. The van der Waals surface area contributed by atoms with E-state index in [4.69, 9.17) is 9.47 Å². The van der Waals surface area contributed by atoms with Crippen LogP contribution in [0.25, 0.3) is 0 Å². The van der Waals surface area contributed by atoms with Crippen LogP contribution in [0.5, 0.6) is 11.5 Å². The maximum atomic E-state index is 11.5. The standard InChI is InChI=1S/C12H14N2O4/c1-17-8-4-3-7(10(6-8)18-2)5-9-11(15)14-12(16)13-9/h3-4,6,9H,5H2,1-2H3,(H2,13,14,15,16). The van der Waals surface area contributed by atoms with Crippen molar-refractivity contribution in [2.75, 3.05) is 14.2 Å². The van der Waals surface area contributed by atoms with Gasteiger partial charge in [0.25, 0.3) is 5.91 Å². The molecule has 1 saturated heterocycles. The molecule has 2 N–H and O–H groups in total. The molecule has 6 nitrogen and oxygen atoms in total. The first kappa shape index (κ1) is 12.2. The van der Waals surface area contributed by atoms with Crippen molar-refractivity contribution >= 4 is 11.9 Å². The van der Waals surface area contributed by atoms with Crippen LogP contribution in [-0.2, 0) is 11.2 Å². The Balaban J connectivity index is 2.18. The highest BCUT2D eigenvalue weighted by molar-refractivity contribution is 6.04. The van der Waals surface area contributed by atoms with E-state index in [0.717, 1.165) is 5.56 Å². The van der Waals surface area contributed by atoms with Crippen LogP contribution < -0.4 is 20.1 Å². The van der Waals surface area contributed by atoms with Crippen molar-refractivity contribution in [1.82, 2.24) is 10.6 Å². The molecule has 1 aliphatic heterocycles. The zero-order valence-corrected chi connectivity index (χ0v) is 10.1. The summed E-state index contributed by atoms with van der Waals surface area (Å²) in [5.74, 6) is 0.983. The average Bonchev–Trinajstić information content (AvgIpc) is 2.68. The number of nitrogens with one attached hydrogen (secondary N) is 2. The molecule has 96 valence electrons. The van der Waals surface area contributed by atoms with Gasteiger partial charge in [-0.15, -0.1) is 0 Å². The second-order valence-corrected chi connectivity index (χ2v) is 3.90. The van der Waals surface area contributed by atoms with Gasteiger partial charge in [-0.1, -0.05) is 6.07 Å². The number of hydrogen-bond acceptors (Lipinski definition) is 4. The number of carbonyl (C=O) groups is 2. The van der Waals surface area contributed by atoms with E-state index in [9.17, 15) is 9.59 Å². The molecule has 0 aromatic heterocycles. The second-order valence-electron chi connectivity index (χ2n) is 3.90. The number of amides is 3. The minimum atomic E-state index is -0.556. The third-order valence-corrected chi connectivity index (χ3v) is 2.78. The normalized spacial score (nSPS) is 18.2. The van der Waals surface area contributed by atoms with E-state index in [1.165, 1.54) is 0 Å². The van der Waals surface area contributed by atoms with Crippen LogP contribution in [-0.4, -0.2) is 32.2 Å². The number of rotatable bonds is 4. The maximum Gasteiger partial charge on any atom is 0.322 e. The van der Waals surface area contributed by atoms with E-state index >= 15 is 0 Å². The Bertz CT molecular complexity index is 487. The minimum Gasteiger partial charge on any atom is -0.497 e. The topological polar surface area (TPSA) is 76.7 Å². The zero-order valence-electron chi connectivity index (χ0n) is 10.1. The first-order chi connectivity index (χ1) is 8.63. The highest BCUT2D eigenvalue weighted by Gasteiger charge is 2.30. The van der Waals surface area contributed by atoms with Gasteiger partial charge >= 0.3 is 6.03 Å². The van der Waals surface area contributed by atoms with E-state index < -0.39 is 12.1 Å². The van der Waals surface area contributed by atoms with Gasteiger partial charge in [0.2, 0.25) is 0 Å². The van der Waals surface area contributed by atoms with Crippen LogP contribution in [0.15, 0.2) is 18.2 Å². The van der Waals surface area contributed by atoms with Gasteiger partial charge in [-0.25, -0.2) is 4.79 Å². The van der Waals surface area contributed by atoms with Crippen molar-refractivity contribution in [2.24, 2.45) is 0 Å². The van der Waals surface area contributed by atoms with Crippen LogP contribution in [0, 0.1) is 0 Å². The van der Waals surface area contributed by atoms with Gasteiger partial charge in [0.1, 0.15) is 17.5 Å². The molecule has 0 saturated carbocycles. The summed E-state index contributed by atoms with van der Waals surface area (Å²) >= 11 is 0. The monoisotopic (exact) mass is 250 g/mol. The number of imide groups is 1. The maximum absolute atomic E-state index is 11.5. The van der Waals surface area contributed by atoms with E-state index in [2.05, 4.69) is 10.6 Å². The van der Waals surface area contributed by atoms with Gasteiger partial charge in [-0.2, -0.15) is 0 Å². The fraction of sp³-hybridized carbons (Fsp3) is 0.333. The van der Waals surface area contributed by atoms with Crippen LogP contribution in [0.1, 0.15) is 5.56 Å². The summed E-state index contributed by atoms with van der Waals surface area (Å²) < 4.78 is 10.3. The summed E-state index contributed by atoms with van der Waals surface area (Å²) in [7, 11) is 3.12. The molecule has 1 atom stereocenters. The number of methoxy groups -OCH3 is 2. The van der Waals surface area contributed by atoms with Crippen molar-refractivity contribution in [1.29, 1.82) is 0 Å². The SMILES string of the molecule is COc1ccc(CC2NC(=O)NC2=O)c(OC)c1. The van der Waals surface area contributed by atoms with E-state index in [1.807, 2.05) is 6.07 Å².